The Hall–Kier alpha value is -1.31. The van der Waals surface area contributed by atoms with E-state index in [1.165, 1.54) is 20.2 Å². The van der Waals surface area contributed by atoms with Crippen molar-refractivity contribution in [1.29, 1.82) is 0 Å². The van der Waals surface area contributed by atoms with Gasteiger partial charge in [0.05, 0.1) is 12.7 Å². The average Bonchev–Trinajstić information content (AvgIpc) is 2.39. The zero-order valence-electron chi connectivity index (χ0n) is 11.8. The van der Waals surface area contributed by atoms with E-state index in [-0.39, 0.29) is 4.47 Å². The second-order valence-corrected chi connectivity index (χ2v) is 5.66. The summed E-state index contributed by atoms with van der Waals surface area (Å²) in [6.07, 6.45) is -2.44. The van der Waals surface area contributed by atoms with E-state index in [0.29, 0.717) is 12.8 Å². The Morgan fingerprint density at radius 2 is 2.10 bits per heavy atom. The van der Waals surface area contributed by atoms with Gasteiger partial charge in [-0.15, -0.1) is 0 Å². The number of esters is 1. The van der Waals surface area contributed by atoms with Crippen LogP contribution >= 0.6 is 15.9 Å². The van der Waals surface area contributed by atoms with E-state index in [9.17, 15) is 18.0 Å². The van der Waals surface area contributed by atoms with Crippen LogP contribution in [0, 0.1) is 0 Å². The minimum absolute atomic E-state index is 0.204. The number of hydrogen-bond donors (Lipinski definition) is 1. The monoisotopic (exact) mass is 368 g/mol. The molecule has 1 rings (SSSR count). The standard InChI is InChI=1S/C13H16BrF3N2O2/c1-4-5-12(2,11(20)21-3)19-10-9(13(15,16)17)6-8(14)7-18-10/h6-7H,4-5H2,1-3H3,(H,18,19). The van der Waals surface area contributed by atoms with Crippen molar-refractivity contribution >= 4 is 27.7 Å². The molecule has 1 aromatic rings. The van der Waals surface area contributed by atoms with Crippen molar-refractivity contribution in [2.75, 3.05) is 12.4 Å². The molecule has 0 amide bonds. The number of ether oxygens (including phenoxy) is 1. The third-order valence-corrected chi connectivity index (χ3v) is 3.37. The first-order chi connectivity index (χ1) is 9.64. The molecule has 8 heteroatoms. The number of carbonyl (C=O) groups excluding carboxylic acids is 1. The van der Waals surface area contributed by atoms with Crippen LogP contribution in [0.15, 0.2) is 16.7 Å². The number of pyridine rings is 1. The van der Waals surface area contributed by atoms with Gasteiger partial charge < -0.3 is 10.1 Å². The van der Waals surface area contributed by atoms with E-state index >= 15 is 0 Å². The Morgan fingerprint density at radius 3 is 2.57 bits per heavy atom. The smallest absolute Gasteiger partial charge is 0.419 e. The van der Waals surface area contributed by atoms with Gasteiger partial charge in [-0.05, 0) is 35.3 Å². The fourth-order valence-electron chi connectivity index (χ4n) is 1.96. The molecular formula is C13H16BrF3N2O2. The summed E-state index contributed by atoms with van der Waals surface area (Å²) in [4.78, 5) is 15.6. The maximum absolute atomic E-state index is 13.1. The van der Waals surface area contributed by atoms with Crippen LogP contribution in [0.3, 0.4) is 0 Å². The quantitative estimate of drug-likeness (QED) is 0.797. The van der Waals surface area contributed by atoms with Crippen LogP contribution in [0.25, 0.3) is 0 Å². The minimum Gasteiger partial charge on any atom is -0.467 e. The number of aromatic nitrogens is 1. The van der Waals surface area contributed by atoms with Crippen molar-refractivity contribution in [2.24, 2.45) is 0 Å². The molecule has 1 N–H and O–H groups in total. The van der Waals surface area contributed by atoms with E-state index < -0.39 is 29.1 Å². The Balaban J connectivity index is 3.24. The summed E-state index contributed by atoms with van der Waals surface area (Å²) in [6.45, 7) is 3.31. The molecule has 1 aromatic heterocycles. The maximum Gasteiger partial charge on any atom is 0.419 e. The predicted molar refractivity (Wildman–Crippen MR) is 75.9 cm³/mol. The number of alkyl halides is 3. The molecule has 0 saturated carbocycles. The van der Waals surface area contributed by atoms with Gasteiger partial charge in [-0.25, -0.2) is 9.78 Å². The number of nitrogens with one attached hydrogen (secondary N) is 1. The maximum atomic E-state index is 13.1. The molecule has 0 fully saturated rings. The minimum atomic E-state index is -4.58. The van der Waals surface area contributed by atoms with Crippen LogP contribution in [0.2, 0.25) is 0 Å². The largest absolute Gasteiger partial charge is 0.467 e. The van der Waals surface area contributed by atoms with Crippen LogP contribution in [-0.2, 0) is 15.7 Å². The number of nitrogens with zero attached hydrogens (tertiary/aromatic N) is 1. The first-order valence-electron chi connectivity index (χ1n) is 6.23. The van der Waals surface area contributed by atoms with Gasteiger partial charge in [0.2, 0.25) is 0 Å². The van der Waals surface area contributed by atoms with Gasteiger partial charge in [-0.3, -0.25) is 0 Å². The molecular weight excluding hydrogens is 353 g/mol. The van der Waals surface area contributed by atoms with Gasteiger partial charge in [-0.1, -0.05) is 13.3 Å². The fourth-order valence-corrected chi connectivity index (χ4v) is 2.29. The van der Waals surface area contributed by atoms with Crippen molar-refractivity contribution in [3.05, 3.63) is 22.3 Å². The Kier molecular flexibility index (Phi) is 5.61. The highest BCUT2D eigenvalue weighted by molar-refractivity contribution is 9.10. The fraction of sp³-hybridized carbons (Fsp3) is 0.538. The van der Waals surface area contributed by atoms with E-state index in [4.69, 9.17) is 0 Å². The first kappa shape index (κ1) is 17.7. The third-order valence-electron chi connectivity index (χ3n) is 2.94. The summed E-state index contributed by atoms with van der Waals surface area (Å²) in [7, 11) is 1.19. The molecule has 0 aliphatic rings. The predicted octanol–water partition coefficient (Wildman–Crippen LogP) is 4.01. The van der Waals surface area contributed by atoms with Crippen molar-refractivity contribution in [3.63, 3.8) is 0 Å². The van der Waals surface area contributed by atoms with Gasteiger partial charge in [0.1, 0.15) is 11.4 Å². The summed E-state index contributed by atoms with van der Waals surface area (Å²) in [5.74, 6) is -1.03. The number of anilines is 1. The molecule has 0 saturated heterocycles. The summed E-state index contributed by atoms with van der Waals surface area (Å²) in [6, 6.07) is 0.916. The van der Waals surface area contributed by atoms with Crippen molar-refractivity contribution in [2.45, 2.75) is 38.4 Å². The van der Waals surface area contributed by atoms with E-state index in [2.05, 4.69) is 31.0 Å². The highest BCUT2D eigenvalue weighted by atomic mass is 79.9. The SMILES string of the molecule is CCCC(C)(Nc1ncc(Br)cc1C(F)(F)F)C(=O)OC. The van der Waals surface area contributed by atoms with E-state index in [1.807, 2.05) is 6.92 Å². The summed E-state index contributed by atoms with van der Waals surface area (Å²) in [5.41, 5.74) is -2.22. The Bertz CT molecular complexity index is 523. The Labute approximate surface area is 129 Å². The lowest BCUT2D eigenvalue weighted by molar-refractivity contribution is -0.146. The van der Waals surface area contributed by atoms with Crippen LogP contribution in [-0.4, -0.2) is 23.6 Å². The van der Waals surface area contributed by atoms with Crippen molar-refractivity contribution in [3.8, 4) is 0 Å². The summed E-state index contributed by atoms with van der Waals surface area (Å²) < 4.78 is 44.0. The molecule has 4 nitrogen and oxygen atoms in total. The first-order valence-corrected chi connectivity index (χ1v) is 7.02. The molecule has 1 heterocycles. The third kappa shape index (κ3) is 4.33. The van der Waals surface area contributed by atoms with Crippen LogP contribution in [0.4, 0.5) is 19.0 Å². The lowest BCUT2D eigenvalue weighted by Gasteiger charge is -2.29. The molecule has 0 bridgehead atoms. The van der Waals surface area contributed by atoms with Crippen LogP contribution in [0.5, 0.6) is 0 Å². The number of methoxy groups -OCH3 is 1. The number of rotatable bonds is 5. The lowest BCUT2D eigenvalue weighted by atomic mass is 9.96. The normalized spacial score (nSPS) is 14.4. The molecule has 21 heavy (non-hydrogen) atoms. The highest BCUT2D eigenvalue weighted by Gasteiger charge is 2.39. The second kappa shape index (κ2) is 6.64. The van der Waals surface area contributed by atoms with Gasteiger partial charge >= 0.3 is 12.1 Å². The van der Waals surface area contributed by atoms with Crippen LogP contribution < -0.4 is 5.32 Å². The molecule has 0 spiro atoms. The van der Waals surface area contributed by atoms with Crippen molar-refractivity contribution < 1.29 is 22.7 Å². The molecule has 1 atom stereocenters. The summed E-state index contributed by atoms with van der Waals surface area (Å²) >= 11 is 2.96. The second-order valence-electron chi connectivity index (χ2n) is 4.75. The number of carbonyl (C=O) groups is 1. The summed E-state index contributed by atoms with van der Waals surface area (Å²) in [5, 5.41) is 2.58. The molecule has 0 radical (unpaired) electrons. The average molecular weight is 369 g/mol. The van der Waals surface area contributed by atoms with Crippen LogP contribution in [0.1, 0.15) is 32.3 Å². The topological polar surface area (TPSA) is 51.2 Å². The van der Waals surface area contributed by atoms with E-state index in [0.717, 1.165) is 6.07 Å². The van der Waals surface area contributed by atoms with Gasteiger partial charge in [0.25, 0.3) is 0 Å². The molecule has 0 aliphatic heterocycles. The lowest BCUT2D eigenvalue weighted by Crippen LogP contribution is -2.45. The van der Waals surface area contributed by atoms with Gasteiger partial charge in [0, 0.05) is 10.7 Å². The Morgan fingerprint density at radius 1 is 1.48 bits per heavy atom. The molecule has 1 unspecified atom stereocenters. The van der Waals surface area contributed by atoms with Gasteiger partial charge in [-0.2, -0.15) is 13.2 Å². The van der Waals surface area contributed by atoms with Crippen molar-refractivity contribution in [1.82, 2.24) is 4.98 Å². The van der Waals surface area contributed by atoms with Gasteiger partial charge in [0.15, 0.2) is 0 Å². The highest BCUT2D eigenvalue weighted by Crippen LogP contribution is 2.36. The van der Waals surface area contributed by atoms with E-state index in [1.54, 1.807) is 0 Å². The number of hydrogen-bond acceptors (Lipinski definition) is 4. The molecule has 0 aromatic carbocycles. The zero-order valence-corrected chi connectivity index (χ0v) is 13.4. The zero-order chi connectivity index (χ0) is 16.3. The molecule has 0 aliphatic carbocycles. The number of halogens is 4. The molecule has 118 valence electrons.